The highest BCUT2D eigenvalue weighted by molar-refractivity contribution is 5.97. The van der Waals surface area contributed by atoms with E-state index in [1.807, 2.05) is 24.8 Å². The van der Waals surface area contributed by atoms with Crippen molar-refractivity contribution < 1.29 is 15.0 Å². The minimum atomic E-state index is -1.18. The summed E-state index contributed by atoms with van der Waals surface area (Å²) in [6.45, 7) is 8.38. The minimum Gasteiger partial charge on any atom is -0.396 e. The van der Waals surface area contributed by atoms with Gasteiger partial charge >= 0.3 is 0 Å². The predicted octanol–water partition coefficient (Wildman–Crippen LogP) is 2.66. The van der Waals surface area contributed by atoms with Crippen molar-refractivity contribution in [3.63, 3.8) is 0 Å². The molecule has 34 heavy (non-hydrogen) atoms. The Kier molecular flexibility index (Phi) is 7.55. The number of carbonyl (C=O) groups excluding carboxylic acids is 1. The van der Waals surface area contributed by atoms with Crippen LogP contribution in [0.3, 0.4) is 0 Å². The Morgan fingerprint density at radius 2 is 1.85 bits per heavy atom. The van der Waals surface area contributed by atoms with Crippen molar-refractivity contribution in [1.29, 1.82) is 0 Å². The van der Waals surface area contributed by atoms with E-state index in [9.17, 15) is 15.0 Å². The van der Waals surface area contributed by atoms with E-state index in [4.69, 9.17) is 0 Å². The van der Waals surface area contributed by atoms with Crippen LogP contribution in [0.15, 0.2) is 42.6 Å². The Hall–Kier alpha value is -2.48. The summed E-state index contributed by atoms with van der Waals surface area (Å²) in [7, 11) is 2.16. The summed E-state index contributed by atoms with van der Waals surface area (Å²) >= 11 is 0. The van der Waals surface area contributed by atoms with Crippen LogP contribution < -0.4 is 9.80 Å². The first-order valence-corrected chi connectivity index (χ1v) is 12.5. The van der Waals surface area contributed by atoms with Crippen LogP contribution >= 0.6 is 0 Å². The summed E-state index contributed by atoms with van der Waals surface area (Å²) in [6.07, 6.45) is 3.70. The summed E-state index contributed by atoms with van der Waals surface area (Å²) in [4.78, 5) is 24.4. The molecule has 2 aromatic rings. The summed E-state index contributed by atoms with van der Waals surface area (Å²) in [5.41, 5.74) is 2.61. The molecule has 0 aliphatic carbocycles. The van der Waals surface area contributed by atoms with Crippen LogP contribution in [0.5, 0.6) is 0 Å². The molecule has 2 unspecified atom stereocenters. The molecule has 1 aromatic heterocycles. The third kappa shape index (κ3) is 4.83. The number of hydrogen-bond acceptors (Lipinski definition) is 6. The van der Waals surface area contributed by atoms with Gasteiger partial charge in [0.05, 0.1) is 17.6 Å². The van der Waals surface area contributed by atoms with E-state index >= 15 is 0 Å². The van der Waals surface area contributed by atoms with Crippen LogP contribution in [0.25, 0.3) is 0 Å². The lowest BCUT2D eigenvalue weighted by atomic mass is 9.83. The molecule has 184 valence electrons. The molecule has 3 heterocycles. The quantitative estimate of drug-likeness (QED) is 0.623. The molecule has 0 bridgehead atoms. The van der Waals surface area contributed by atoms with E-state index in [0.717, 1.165) is 44.7 Å². The average molecular weight is 467 g/mol. The van der Waals surface area contributed by atoms with E-state index in [1.165, 1.54) is 11.3 Å². The fourth-order valence-corrected chi connectivity index (χ4v) is 5.22. The van der Waals surface area contributed by atoms with Gasteiger partial charge in [0.2, 0.25) is 5.91 Å². The SMILES string of the molecule is CCC(O)(c1ccc(N2CC[C@@H](Cc3ccccc3N3CCN(C)CC3)C2=O)cn1)C(C)CO. The first-order valence-electron chi connectivity index (χ1n) is 12.5. The van der Waals surface area contributed by atoms with Gasteiger partial charge in [-0.3, -0.25) is 9.78 Å². The molecule has 1 amide bonds. The topological polar surface area (TPSA) is 80.1 Å². The number of carbonyl (C=O) groups is 1. The van der Waals surface area contributed by atoms with Gasteiger partial charge in [0.1, 0.15) is 5.60 Å². The number of aliphatic hydroxyl groups excluding tert-OH is 1. The second-order valence-corrected chi connectivity index (χ2v) is 9.86. The second kappa shape index (κ2) is 10.4. The van der Waals surface area contributed by atoms with E-state index < -0.39 is 5.60 Å². The van der Waals surface area contributed by atoms with Crippen molar-refractivity contribution in [2.75, 3.05) is 56.2 Å². The molecule has 3 atom stereocenters. The van der Waals surface area contributed by atoms with Crippen molar-refractivity contribution >= 4 is 17.3 Å². The molecule has 0 saturated carbocycles. The van der Waals surface area contributed by atoms with E-state index in [1.54, 1.807) is 12.3 Å². The predicted molar refractivity (Wildman–Crippen MR) is 135 cm³/mol. The number of likely N-dealkylation sites (N-methyl/N-ethyl adjacent to an activating group) is 1. The number of benzene rings is 1. The highest BCUT2D eigenvalue weighted by atomic mass is 16.3. The second-order valence-electron chi connectivity index (χ2n) is 9.86. The highest BCUT2D eigenvalue weighted by Gasteiger charge is 2.36. The maximum atomic E-state index is 13.3. The first kappa shape index (κ1) is 24.6. The number of para-hydroxylation sites is 1. The molecule has 2 N–H and O–H groups in total. The molecule has 2 fully saturated rings. The van der Waals surface area contributed by atoms with Crippen LogP contribution in [0.2, 0.25) is 0 Å². The van der Waals surface area contributed by atoms with Crippen molar-refractivity contribution in [2.45, 2.75) is 38.7 Å². The maximum absolute atomic E-state index is 13.3. The summed E-state index contributed by atoms with van der Waals surface area (Å²) in [6, 6.07) is 12.1. The molecule has 0 spiro atoms. The van der Waals surface area contributed by atoms with Gasteiger partial charge in [-0.25, -0.2) is 0 Å². The first-order chi connectivity index (χ1) is 16.4. The van der Waals surface area contributed by atoms with Gasteiger partial charge in [-0.05, 0) is 50.1 Å². The Labute approximate surface area is 203 Å². The molecular weight excluding hydrogens is 428 g/mol. The fraction of sp³-hybridized carbons (Fsp3) is 0.556. The number of aliphatic hydroxyl groups is 2. The molecule has 1 aromatic carbocycles. The number of hydrogen-bond donors (Lipinski definition) is 2. The number of piperazine rings is 1. The van der Waals surface area contributed by atoms with E-state index in [0.29, 0.717) is 18.7 Å². The number of anilines is 2. The van der Waals surface area contributed by atoms with Gasteiger partial charge in [0.15, 0.2) is 0 Å². The van der Waals surface area contributed by atoms with Gasteiger partial charge in [0.25, 0.3) is 0 Å². The van der Waals surface area contributed by atoms with Gasteiger partial charge in [-0.1, -0.05) is 32.0 Å². The van der Waals surface area contributed by atoms with Gasteiger partial charge in [-0.2, -0.15) is 0 Å². The zero-order chi connectivity index (χ0) is 24.3. The van der Waals surface area contributed by atoms with E-state index in [2.05, 4.69) is 46.1 Å². The van der Waals surface area contributed by atoms with Gasteiger partial charge in [-0.15, -0.1) is 0 Å². The van der Waals surface area contributed by atoms with Gasteiger partial charge in [0, 0.05) is 56.9 Å². The average Bonchev–Trinajstić information content (AvgIpc) is 3.23. The lowest BCUT2D eigenvalue weighted by Gasteiger charge is -2.35. The molecule has 4 rings (SSSR count). The van der Waals surface area contributed by atoms with Crippen LogP contribution in [0.4, 0.5) is 11.4 Å². The lowest BCUT2D eigenvalue weighted by Crippen LogP contribution is -2.44. The van der Waals surface area contributed by atoms with Crippen molar-refractivity contribution in [1.82, 2.24) is 9.88 Å². The smallest absolute Gasteiger partial charge is 0.230 e. The van der Waals surface area contributed by atoms with Crippen LogP contribution in [-0.2, 0) is 16.8 Å². The summed E-state index contributed by atoms with van der Waals surface area (Å²) < 4.78 is 0. The molecule has 2 saturated heterocycles. The molecule has 0 radical (unpaired) electrons. The third-order valence-corrected chi connectivity index (χ3v) is 7.75. The Bertz CT molecular complexity index is 974. The van der Waals surface area contributed by atoms with Crippen LogP contribution in [-0.4, -0.2) is 72.4 Å². The Balaban J connectivity index is 1.46. The van der Waals surface area contributed by atoms with Crippen LogP contribution in [0, 0.1) is 11.8 Å². The normalized spacial score (nSPS) is 22.1. The minimum absolute atomic E-state index is 0.0460. The number of aromatic nitrogens is 1. The Morgan fingerprint density at radius 3 is 2.50 bits per heavy atom. The largest absolute Gasteiger partial charge is 0.396 e. The van der Waals surface area contributed by atoms with Crippen molar-refractivity contribution in [3.8, 4) is 0 Å². The summed E-state index contributed by atoms with van der Waals surface area (Å²) in [5, 5.41) is 20.6. The van der Waals surface area contributed by atoms with Crippen molar-refractivity contribution in [2.24, 2.45) is 11.8 Å². The van der Waals surface area contributed by atoms with Gasteiger partial charge < -0.3 is 24.9 Å². The standard InChI is InChI=1S/C27H38N4O3/c1-4-27(34,20(2)19-32)25-10-9-23(18-28-25)31-12-11-22(26(31)33)17-21-7-5-6-8-24(21)30-15-13-29(3)14-16-30/h5-10,18,20,22,32,34H,4,11-17,19H2,1-3H3/t20?,22-,27?/m0/s1. The number of rotatable bonds is 8. The van der Waals surface area contributed by atoms with Crippen molar-refractivity contribution in [3.05, 3.63) is 53.9 Å². The fourth-order valence-electron chi connectivity index (χ4n) is 5.22. The van der Waals surface area contributed by atoms with Crippen LogP contribution in [0.1, 0.15) is 37.9 Å². The maximum Gasteiger partial charge on any atom is 0.230 e. The lowest BCUT2D eigenvalue weighted by molar-refractivity contribution is -0.120. The molecule has 2 aliphatic rings. The molecule has 7 heteroatoms. The third-order valence-electron chi connectivity index (χ3n) is 7.75. The zero-order valence-corrected chi connectivity index (χ0v) is 20.7. The molecule has 7 nitrogen and oxygen atoms in total. The highest BCUT2D eigenvalue weighted by Crippen LogP contribution is 2.34. The van der Waals surface area contributed by atoms with E-state index in [-0.39, 0.29) is 24.3 Å². The number of amides is 1. The Morgan fingerprint density at radius 1 is 1.12 bits per heavy atom. The number of pyridine rings is 1. The number of nitrogens with zero attached hydrogens (tertiary/aromatic N) is 4. The molecular formula is C27H38N4O3. The summed E-state index contributed by atoms with van der Waals surface area (Å²) in [5.74, 6) is -0.235. The monoisotopic (exact) mass is 466 g/mol. The molecule has 2 aliphatic heterocycles. The zero-order valence-electron chi connectivity index (χ0n) is 20.7.